The Bertz CT molecular complexity index is 881. The molecule has 0 radical (unpaired) electrons. The van der Waals surface area contributed by atoms with Gasteiger partial charge in [0.05, 0.1) is 5.75 Å². The second-order valence-electron chi connectivity index (χ2n) is 5.72. The van der Waals surface area contributed by atoms with Gasteiger partial charge in [0.15, 0.2) is 6.61 Å². The highest BCUT2D eigenvalue weighted by Gasteiger charge is 2.11. The van der Waals surface area contributed by atoms with Gasteiger partial charge in [-0.05, 0) is 43.2 Å². The average molecular weight is 369 g/mol. The number of para-hydroxylation sites is 1. The van der Waals surface area contributed by atoms with Gasteiger partial charge in [0, 0.05) is 5.69 Å². The van der Waals surface area contributed by atoms with Crippen molar-refractivity contribution in [1.29, 1.82) is 0 Å². The third kappa shape index (κ3) is 5.10. The monoisotopic (exact) mass is 369 g/mol. The minimum absolute atomic E-state index is 0.121. The Labute approximate surface area is 156 Å². The number of carbonyl (C=O) groups is 1. The van der Waals surface area contributed by atoms with Crippen LogP contribution < -0.4 is 10.1 Å². The van der Waals surface area contributed by atoms with Crippen LogP contribution in [0.5, 0.6) is 5.75 Å². The number of hydrogen-bond acceptors (Lipinski definition) is 6. The molecule has 0 atom stereocenters. The van der Waals surface area contributed by atoms with E-state index in [1.165, 1.54) is 11.8 Å². The fourth-order valence-electron chi connectivity index (χ4n) is 2.20. The molecule has 0 aliphatic carbocycles. The van der Waals surface area contributed by atoms with Gasteiger partial charge in [-0.2, -0.15) is 0 Å². The van der Waals surface area contributed by atoms with E-state index in [2.05, 4.69) is 15.5 Å². The Morgan fingerprint density at radius 2 is 1.96 bits per heavy atom. The maximum Gasteiger partial charge on any atom is 0.277 e. The first-order valence-corrected chi connectivity index (χ1v) is 9.09. The quantitative estimate of drug-likeness (QED) is 0.635. The topological polar surface area (TPSA) is 77.2 Å². The van der Waals surface area contributed by atoms with Gasteiger partial charge in [-0.1, -0.05) is 42.1 Å². The number of amides is 1. The van der Waals surface area contributed by atoms with Gasteiger partial charge in [0.25, 0.3) is 11.1 Å². The number of aryl methyl sites for hydroxylation is 2. The lowest BCUT2D eigenvalue weighted by Crippen LogP contribution is -2.14. The van der Waals surface area contributed by atoms with E-state index in [9.17, 15) is 4.79 Å². The van der Waals surface area contributed by atoms with Crippen LogP contribution in [0.3, 0.4) is 0 Å². The van der Waals surface area contributed by atoms with Crippen molar-refractivity contribution < 1.29 is 13.9 Å². The molecule has 3 aromatic rings. The van der Waals surface area contributed by atoms with E-state index in [4.69, 9.17) is 9.15 Å². The predicted molar refractivity (Wildman–Crippen MR) is 100 cm³/mol. The summed E-state index contributed by atoms with van der Waals surface area (Å²) in [7, 11) is 0. The molecule has 134 valence electrons. The van der Waals surface area contributed by atoms with Gasteiger partial charge in [-0.15, -0.1) is 10.2 Å². The summed E-state index contributed by atoms with van der Waals surface area (Å²) < 4.78 is 11.0. The second kappa shape index (κ2) is 8.53. The number of thioether (sulfide) groups is 1. The molecule has 0 bridgehead atoms. The summed E-state index contributed by atoms with van der Waals surface area (Å²) in [5.41, 5.74) is 2.93. The average Bonchev–Trinajstić information content (AvgIpc) is 3.10. The van der Waals surface area contributed by atoms with E-state index in [1.54, 1.807) is 0 Å². The van der Waals surface area contributed by atoms with Crippen LogP contribution in [0.2, 0.25) is 0 Å². The number of anilines is 1. The largest absolute Gasteiger partial charge is 0.484 e. The van der Waals surface area contributed by atoms with Gasteiger partial charge < -0.3 is 14.5 Å². The maximum atomic E-state index is 12.1. The number of rotatable bonds is 7. The van der Waals surface area contributed by atoms with Crippen molar-refractivity contribution in [1.82, 2.24) is 10.2 Å². The standard InChI is InChI=1S/C19H19N3O3S/c1-13-8-9-14(2)16(10-13)20-17(23)12-26-19-22-21-18(25-19)11-24-15-6-4-3-5-7-15/h3-10H,11-12H2,1-2H3,(H,20,23). The molecule has 0 unspecified atom stereocenters. The lowest BCUT2D eigenvalue weighted by atomic mass is 10.1. The predicted octanol–water partition coefficient (Wildman–Crippen LogP) is 4.00. The molecule has 0 saturated carbocycles. The van der Waals surface area contributed by atoms with Crippen LogP contribution in [-0.4, -0.2) is 21.9 Å². The van der Waals surface area contributed by atoms with Gasteiger partial charge in [0.1, 0.15) is 5.75 Å². The van der Waals surface area contributed by atoms with Crippen molar-refractivity contribution in [3.05, 3.63) is 65.5 Å². The summed E-state index contributed by atoms with van der Waals surface area (Å²) in [4.78, 5) is 12.1. The molecule has 3 rings (SSSR count). The first-order valence-electron chi connectivity index (χ1n) is 8.10. The third-order valence-electron chi connectivity index (χ3n) is 3.55. The fraction of sp³-hybridized carbons (Fsp3) is 0.211. The van der Waals surface area contributed by atoms with Crippen molar-refractivity contribution in [3.8, 4) is 5.75 Å². The number of nitrogens with one attached hydrogen (secondary N) is 1. The fourth-order valence-corrected chi connectivity index (χ4v) is 2.78. The van der Waals surface area contributed by atoms with Crippen LogP contribution in [0.15, 0.2) is 58.2 Å². The molecule has 26 heavy (non-hydrogen) atoms. The van der Waals surface area contributed by atoms with Gasteiger partial charge in [0.2, 0.25) is 5.91 Å². The normalized spacial score (nSPS) is 10.5. The van der Waals surface area contributed by atoms with E-state index >= 15 is 0 Å². The van der Waals surface area contributed by atoms with Crippen LogP contribution in [0.4, 0.5) is 5.69 Å². The Hall–Kier alpha value is -2.80. The molecule has 0 fully saturated rings. The van der Waals surface area contributed by atoms with E-state index in [1.807, 2.05) is 62.4 Å². The summed E-state index contributed by atoms with van der Waals surface area (Å²) >= 11 is 1.19. The first-order chi connectivity index (χ1) is 12.6. The van der Waals surface area contributed by atoms with Crippen molar-refractivity contribution in [3.63, 3.8) is 0 Å². The summed E-state index contributed by atoms with van der Waals surface area (Å²) in [6.07, 6.45) is 0. The molecule has 6 nitrogen and oxygen atoms in total. The van der Waals surface area contributed by atoms with Crippen LogP contribution in [0.1, 0.15) is 17.0 Å². The van der Waals surface area contributed by atoms with Crippen LogP contribution >= 0.6 is 11.8 Å². The van der Waals surface area contributed by atoms with Crippen molar-refractivity contribution in [2.75, 3.05) is 11.1 Å². The zero-order valence-electron chi connectivity index (χ0n) is 14.6. The maximum absolute atomic E-state index is 12.1. The van der Waals surface area contributed by atoms with E-state index in [0.29, 0.717) is 11.1 Å². The van der Waals surface area contributed by atoms with Gasteiger partial charge in [-0.3, -0.25) is 4.79 Å². The highest BCUT2D eigenvalue weighted by Crippen LogP contribution is 2.20. The molecule has 2 aromatic carbocycles. The molecule has 0 spiro atoms. The minimum Gasteiger partial charge on any atom is -0.484 e. The molecule has 7 heteroatoms. The molecule has 1 N–H and O–H groups in total. The second-order valence-corrected chi connectivity index (χ2v) is 6.65. The molecule has 0 saturated heterocycles. The minimum atomic E-state index is -0.121. The first kappa shape index (κ1) is 18.0. The van der Waals surface area contributed by atoms with Crippen molar-refractivity contribution in [2.24, 2.45) is 0 Å². The lowest BCUT2D eigenvalue weighted by Gasteiger charge is -2.08. The molecular weight excluding hydrogens is 350 g/mol. The zero-order chi connectivity index (χ0) is 18.4. The van der Waals surface area contributed by atoms with Crippen molar-refractivity contribution in [2.45, 2.75) is 25.7 Å². The number of hydrogen-bond donors (Lipinski definition) is 1. The summed E-state index contributed by atoms with van der Waals surface area (Å²) in [6.45, 7) is 4.13. The smallest absolute Gasteiger partial charge is 0.277 e. The van der Waals surface area contributed by atoms with Crippen LogP contribution in [-0.2, 0) is 11.4 Å². The molecule has 0 aliphatic heterocycles. The van der Waals surface area contributed by atoms with Crippen LogP contribution in [0.25, 0.3) is 0 Å². The molecular formula is C19H19N3O3S. The molecule has 0 aliphatic rings. The van der Waals surface area contributed by atoms with Gasteiger partial charge >= 0.3 is 0 Å². The molecule has 1 amide bonds. The Kier molecular flexibility index (Phi) is 5.91. The van der Waals surface area contributed by atoms with Crippen LogP contribution in [0, 0.1) is 13.8 Å². The van der Waals surface area contributed by atoms with E-state index < -0.39 is 0 Å². The van der Waals surface area contributed by atoms with E-state index in [-0.39, 0.29) is 18.3 Å². The summed E-state index contributed by atoms with van der Waals surface area (Å²) in [5.74, 6) is 1.16. The number of ether oxygens (including phenoxy) is 1. The number of aromatic nitrogens is 2. The Morgan fingerprint density at radius 3 is 2.77 bits per heavy atom. The molecule has 1 heterocycles. The Morgan fingerprint density at radius 1 is 1.15 bits per heavy atom. The number of benzene rings is 2. The third-order valence-corrected chi connectivity index (χ3v) is 4.37. The highest BCUT2D eigenvalue weighted by atomic mass is 32.2. The number of carbonyl (C=O) groups excluding carboxylic acids is 1. The summed E-state index contributed by atoms with van der Waals surface area (Å²) in [6, 6.07) is 15.3. The van der Waals surface area contributed by atoms with Gasteiger partial charge in [-0.25, -0.2) is 0 Å². The lowest BCUT2D eigenvalue weighted by molar-refractivity contribution is -0.113. The van der Waals surface area contributed by atoms with E-state index in [0.717, 1.165) is 22.6 Å². The summed E-state index contributed by atoms with van der Waals surface area (Å²) in [5, 5.41) is 11.1. The number of nitrogens with zero attached hydrogens (tertiary/aromatic N) is 2. The van der Waals surface area contributed by atoms with Crippen molar-refractivity contribution >= 4 is 23.4 Å². The SMILES string of the molecule is Cc1ccc(C)c(NC(=O)CSc2nnc(COc3ccccc3)o2)c1. The highest BCUT2D eigenvalue weighted by molar-refractivity contribution is 7.99. The Balaban J connectivity index is 1.48. The molecule has 1 aromatic heterocycles. The zero-order valence-corrected chi connectivity index (χ0v) is 15.4.